The Balaban J connectivity index is 2.14. The maximum atomic E-state index is 13.7. The number of hydrogen-bond acceptors (Lipinski definition) is 7. The van der Waals surface area contributed by atoms with Gasteiger partial charge in [-0.2, -0.15) is 24.5 Å². The molecule has 2 aromatic rings. The summed E-state index contributed by atoms with van der Waals surface area (Å²) >= 11 is 1.31. The van der Waals surface area contributed by atoms with Crippen molar-refractivity contribution in [3.63, 3.8) is 0 Å². The summed E-state index contributed by atoms with van der Waals surface area (Å²) in [5.41, 5.74) is 1.94. The number of thiophene rings is 1. The molecule has 1 aromatic carbocycles. The zero-order valence-corrected chi connectivity index (χ0v) is 18.2. The van der Waals surface area contributed by atoms with Gasteiger partial charge in [-0.05, 0) is 35.6 Å². The van der Waals surface area contributed by atoms with E-state index in [9.17, 15) is 32.1 Å². The van der Waals surface area contributed by atoms with Gasteiger partial charge in [0.2, 0.25) is 0 Å². The number of rotatable bonds is 10. The molecule has 13 heteroatoms. The molecule has 0 fully saturated rings. The Morgan fingerprint density at radius 3 is 2.31 bits per heavy atom. The number of amides is 1. The number of anilines is 1. The summed E-state index contributed by atoms with van der Waals surface area (Å²) in [6.45, 7) is 0. The highest BCUT2D eigenvalue weighted by Gasteiger charge is 2.54. The number of aliphatic hydroxyl groups is 1. The van der Waals surface area contributed by atoms with E-state index in [4.69, 9.17) is 15.6 Å². The van der Waals surface area contributed by atoms with Crippen molar-refractivity contribution in [3.05, 3.63) is 52.2 Å². The fraction of sp³-hybridized carbons (Fsp3) is 0.368. The van der Waals surface area contributed by atoms with Crippen LogP contribution < -0.4 is 11.1 Å². The fourth-order valence-electron chi connectivity index (χ4n) is 2.73. The van der Waals surface area contributed by atoms with Gasteiger partial charge in [0, 0.05) is 38.7 Å². The van der Waals surface area contributed by atoms with Gasteiger partial charge in [0.05, 0.1) is 5.56 Å². The number of nitrogens with two attached hydrogens (primary N) is 1. The lowest BCUT2D eigenvalue weighted by atomic mass is 9.90. The number of carboxylic acids is 1. The van der Waals surface area contributed by atoms with Gasteiger partial charge in [0.15, 0.2) is 5.60 Å². The van der Waals surface area contributed by atoms with Crippen LogP contribution in [-0.4, -0.2) is 50.0 Å². The first kappa shape index (κ1) is 25.8. The minimum atomic E-state index is -5.14. The second-order valence-electron chi connectivity index (χ2n) is 7.11. The Morgan fingerprint density at radius 1 is 1.19 bits per heavy atom. The Bertz CT molecular complexity index is 1040. The number of carbonyl (C=O) groups excluding carboxylic acids is 1. The third kappa shape index (κ3) is 6.51. The van der Waals surface area contributed by atoms with Crippen LogP contribution in [0.25, 0.3) is 0 Å². The number of carboxylic acid groups (broad SMARTS) is 1. The van der Waals surface area contributed by atoms with Crippen LogP contribution in [0.1, 0.15) is 28.8 Å². The van der Waals surface area contributed by atoms with Gasteiger partial charge in [-0.1, -0.05) is 12.1 Å². The largest absolute Gasteiger partial charge is 0.480 e. The molecule has 6 N–H and O–H groups in total. The number of nitrogens with one attached hydrogen (secondary N) is 2. The first-order valence-electron chi connectivity index (χ1n) is 9.21. The fourth-order valence-corrected chi connectivity index (χ4v) is 4.83. The summed E-state index contributed by atoms with van der Waals surface area (Å²) in [7, 11) is -3.62. The molecule has 0 aliphatic heterocycles. The van der Waals surface area contributed by atoms with Crippen molar-refractivity contribution in [3.8, 4) is 0 Å². The molecule has 1 amide bonds. The lowest BCUT2D eigenvalue weighted by molar-refractivity contribution is -0.267. The monoisotopic (exact) mass is 493 g/mol. The lowest BCUT2D eigenvalue weighted by Crippen LogP contribution is -2.44. The van der Waals surface area contributed by atoms with E-state index in [1.807, 2.05) is 0 Å². The Hall–Kier alpha value is -2.48. The number of benzene rings is 1. The van der Waals surface area contributed by atoms with Crippen molar-refractivity contribution < 1.29 is 37.2 Å². The zero-order valence-electron chi connectivity index (χ0n) is 16.6. The predicted molar refractivity (Wildman–Crippen MR) is 114 cm³/mol. The van der Waals surface area contributed by atoms with Crippen LogP contribution in [0, 0.1) is 4.78 Å². The Morgan fingerprint density at radius 2 is 1.81 bits per heavy atom. The van der Waals surface area contributed by atoms with E-state index < -0.39 is 62.9 Å². The molecule has 176 valence electrons. The van der Waals surface area contributed by atoms with Crippen LogP contribution in [0.5, 0.6) is 0 Å². The summed E-state index contributed by atoms with van der Waals surface area (Å²) in [4.78, 5) is 22.8. The van der Waals surface area contributed by atoms with Crippen LogP contribution in [-0.2, 0) is 20.1 Å². The van der Waals surface area contributed by atoms with E-state index in [0.717, 1.165) is 12.1 Å². The molecule has 0 spiro atoms. The van der Waals surface area contributed by atoms with Gasteiger partial charge >= 0.3 is 12.1 Å². The second kappa shape index (κ2) is 9.98. The van der Waals surface area contributed by atoms with Gasteiger partial charge in [-0.25, -0.2) is 4.21 Å². The van der Waals surface area contributed by atoms with E-state index >= 15 is 0 Å². The maximum absolute atomic E-state index is 13.7. The number of aliphatic carboxylic acids is 1. The summed E-state index contributed by atoms with van der Waals surface area (Å²) in [5.74, 6) is -3.15. The standard InChI is InChI=1S/C19H22F3N3O5S2/c20-19(21,22)18(29,7-10-32(24,30)9-6-15(23)17(27)28)13-1-3-14(4-2-13)25-16(26)12-5-8-31-11-12/h1-5,8,11,15,24,29H,6-7,9-10,23H2,(H,25,26)(H,27,28)/t15-,18?,32?/m0/s1. The van der Waals surface area contributed by atoms with Crippen molar-refractivity contribution in [2.24, 2.45) is 5.73 Å². The summed E-state index contributed by atoms with van der Waals surface area (Å²) < 4.78 is 61.2. The molecular weight excluding hydrogens is 471 g/mol. The maximum Gasteiger partial charge on any atom is 0.421 e. The number of carbonyl (C=O) groups is 2. The van der Waals surface area contributed by atoms with Gasteiger partial charge in [0.25, 0.3) is 5.91 Å². The quantitative estimate of drug-likeness (QED) is 0.343. The molecule has 32 heavy (non-hydrogen) atoms. The first-order valence-corrected chi connectivity index (χ1v) is 12.0. The molecule has 0 aliphatic rings. The molecule has 1 heterocycles. The van der Waals surface area contributed by atoms with Gasteiger partial charge in [0.1, 0.15) is 6.04 Å². The van der Waals surface area contributed by atoms with Crippen LogP contribution >= 0.6 is 11.3 Å². The molecule has 0 aliphatic carbocycles. The van der Waals surface area contributed by atoms with Crippen molar-refractivity contribution in [2.45, 2.75) is 30.7 Å². The molecule has 2 unspecified atom stereocenters. The molecule has 1 aromatic heterocycles. The summed E-state index contributed by atoms with van der Waals surface area (Å²) in [6.07, 6.45) is -6.55. The van der Waals surface area contributed by atoms with Crippen LogP contribution in [0.15, 0.2) is 41.1 Å². The predicted octanol–water partition coefficient (Wildman–Crippen LogP) is 2.99. The lowest BCUT2D eigenvalue weighted by Gasteiger charge is -2.31. The highest BCUT2D eigenvalue weighted by Crippen LogP contribution is 2.42. The molecule has 0 saturated carbocycles. The van der Waals surface area contributed by atoms with Crippen molar-refractivity contribution in [1.82, 2.24) is 0 Å². The van der Waals surface area contributed by atoms with E-state index in [0.29, 0.717) is 5.56 Å². The molecule has 8 nitrogen and oxygen atoms in total. The highest BCUT2D eigenvalue weighted by atomic mass is 32.2. The van der Waals surface area contributed by atoms with E-state index in [1.54, 1.807) is 16.8 Å². The van der Waals surface area contributed by atoms with Gasteiger partial charge in [-0.3, -0.25) is 14.4 Å². The average molecular weight is 494 g/mol. The minimum Gasteiger partial charge on any atom is -0.480 e. The molecule has 0 bridgehead atoms. The summed E-state index contributed by atoms with van der Waals surface area (Å²) in [5, 5.41) is 25.0. The molecule has 0 radical (unpaired) electrons. The zero-order chi connectivity index (χ0) is 24.2. The third-order valence-corrected chi connectivity index (χ3v) is 7.18. The van der Waals surface area contributed by atoms with Gasteiger partial charge in [-0.15, -0.1) is 0 Å². The molecule has 3 atom stereocenters. The molecule has 0 saturated heterocycles. The number of hydrogen-bond donors (Lipinski definition) is 5. The molecular formula is C19H22F3N3O5S2. The smallest absolute Gasteiger partial charge is 0.421 e. The highest BCUT2D eigenvalue weighted by molar-refractivity contribution is 7.92. The van der Waals surface area contributed by atoms with E-state index in [2.05, 4.69) is 5.32 Å². The van der Waals surface area contributed by atoms with Crippen molar-refractivity contribution in [2.75, 3.05) is 16.8 Å². The van der Waals surface area contributed by atoms with Crippen LogP contribution in [0.2, 0.25) is 0 Å². The van der Waals surface area contributed by atoms with E-state index in [-0.39, 0.29) is 12.1 Å². The summed E-state index contributed by atoms with van der Waals surface area (Å²) in [6, 6.07) is 4.56. The average Bonchev–Trinajstić information content (AvgIpc) is 3.25. The van der Waals surface area contributed by atoms with Crippen LogP contribution in [0.4, 0.5) is 18.9 Å². The SMILES string of the molecule is N=S(=O)(CC[C@H](N)C(=O)O)CCC(O)(c1ccc(NC(=O)c2ccsc2)cc1)C(F)(F)F. The number of halogens is 3. The third-order valence-electron chi connectivity index (χ3n) is 4.74. The van der Waals surface area contributed by atoms with Crippen molar-refractivity contribution in [1.29, 1.82) is 4.78 Å². The minimum absolute atomic E-state index is 0.210. The second-order valence-corrected chi connectivity index (χ2v) is 10.3. The Kier molecular flexibility index (Phi) is 8.04. The van der Waals surface area contributed by atoms with Gasteiger partial charge < -0.3 is 21.3 Å². The van der Waals surface area contributed by atoms with Crippen molar-refractivity contribution >= 4 is 38.6 Å². The van der Waals surface area contributed by atoms with E-state index in [1.165, 1.54) is 23.5 Å². The normalized spacial score (nSPS) is 16.5. The van der Waals surface area contributed by atoms with Crippen LogP contribution in [0.3, 0.4) is 0 Å². The first-order chi connectivity index (χ1) is 14.7. The number of alkyl halides is 3. The Labute approximate surface area is 186 Å². The molecule has 2 rings (SSSR count). The topological polar surface area (TPSA) is 154 Å².